The van der Waals surface area contributed by atoms with Gasteiger partial charge in [0.25, 0.3) is 0 Å². The van der Waals surface area contributed by atoms with Crippen LogP contribution in [0.3, 0.4) is 0 Å². The molecule has 2 bridgehead atoms. The fourth-order valence-corrected chi connectivity index (χ4v) is 7.40. The maximum Gasteiger partial charge on any atom is 0.309 e. The Bertz CT molecular complexity index is 572. The summed E-state index contributed by atoms with van der Waals surface area (Å²) in [4.78, 5) is 12.3. The number of fused-ring (bicyclic) bond motifs is 3. The summed E-state index contributed by atoms with van der Waals surface area (Å²) in [5.74, 6) is 0.686. The molecule has 2 N–H and O–H groups in total. The Balaban J connectivity index is 1.74. The van der Waals surface area contributed by atoms with Crippen molar-refractivity contribution in [3.8, 4) is 0 Å². The Kier molecular flexibility index (Phi) is 3.67. The van der Waals surface area contributed by atoms with Crippen molar-refractivity contribution in [3.63, 3.8) is 0 Å². The summed E-state index contributed by atoms with van der Waals surface area (Å²) in [5, 5.41) is 21.5. The van der Waals surface area contributed by atoms with Crippen molar-refractivity contribution in [1.82, 2.24) is 0 Å². The average molecular weight is 334 g/mol. The predicted molar refractivity (Wildman–Crippen MR) is 90.0 cm³/mol. The molecule has 4 heteroatoms. The third-order valence-electron chi connectivity index (χ3n) is 8.30. The monoisotopic (exact) mass is 334 g/mol. The molecular weight excluding hydrogens is 304 g/mol. The zero-order chi connectivity index (χ0) is 17.3. The summed E-state index contributed by atoms with van der Waals surface area (Å²) < 4.78 is 5.05. The Labute approximate surface area is 144 Å². The van der Waals surface area contributed by atoms with Crippen LogP contribution in [-0.2, 0) is 9.53 Å². The van der Waals surface area contributed by atoms with Crippen LogP contribution in [0.15, 0.2) is 12.2 Å². The number of aliphatic hydroxyl groups excluding tert-OH is 2. The summed E-state index contributed by atoms with van der Waals surface area (Å²) >= 11 is 0. The molecule has 0 aliphatic heterocycles. The van der Waals surface area contributed by atoms with Gasteiger partial charge in [0.05, 0.1) is 25.2 Å². The largest absolute Gasteiger partial charge is 0.469 e. The summed E-state index contributed by atoms with van der Waals surface area (Å²) in [5.41, 5.74) is 0.842. The zero-order valence-electron chi connectivity index (χ0n) is 14.8. The second-order valence-corrected chi connectivity index (χ2v) is 9.12. The standard InChI is InChI=1S/C20H30O4/c1-11-12-4-5-16-19(2)10-13(21)8-14(18(23)24-3)15(19)6-7-20(16,9-12)17(11)22/h12-17,21-22H,1,4-10H2,2-3H3/t12-,13+,14+,15+,16-,17-,19+,20+/m0/s1. The van der Waals surface area contributed by atoms with E-state index in [4.69, 9.17) is 4.74 Å². The first kappa shape index (κ1) is 16.6. The second kappa shape index (κ2) is 5.31. The molecule has 4 nitrogen and oxygen atoms in total. The highest BCUT2D eigenvalue weighted by atomic mass is 16.5. The van der Waals surface area contributed by atoms with Gasteiger partial charge in [0.15, 0.2) is 0 Å². The number of carbonyl (C=O) groups excluding carboxylic acids is 1. The van der Waals surface area contributed by atoms with Crippen LogP contribution in [0, 0.1) is 34.5 Å². The highest BCUT2D eigenvalue weighted by Gasteiger charge is 2.66. The van der Waals surface area contributed by atoms with Crippen LogP contribution < -0.4 is 0 Å². The predicted octanol–water partition coefficient (Wildman–Crippen LogP) is 2.68. The number of hydrogen-bond acceptors (Lipinski definition) is 4. The van der Waals surface area contributed by atoms with Gasteiger partial charge in [-0.3, -0.25) is 4.79 Å². The molecule has 0 aromatic rings. The first-order chi connectivity index (χ1) is 11.3. The van der Waals surface area contributed by atoms with Crippen LogP contribution in [0.25, 0.3) is 0 Å². The summed E-state index contributed by atoms with van der Waals surface area (Å²) in [6.45, 7) is 6.45. The molecule has 4 saturated carbocycles. The van der Waals surface area contributed by atoms with E-state index in [2.05, 4.69) is 13.5 Å². The van der Waals surface area contributed by atoms with Crippen LogP contribution in [0.2, 0.25) is 0 Å². The van der Waals surface area contributed by atoms with Crippen LogP contribution in [0.1, 0.15) is 51.9 Å². The van der Waals surface area contributed by atoms with E-state index in [1.807, 2.05) is 0 Å². The van der Waals surface area contributed by atoms with E-state index in [0.29, 0.717) is 18.3 Å². The number of methoxy groups -OCH3 is 1. The molecule has 134 valence electrons. The van der Waals surface area contributed by atoms with E-state index < -0.39 is 12.2 Å². The fraction of sp³-hybridized carbons (Fsp3) is 0.850. The van der Waals surface area contributed by atoms with Gasteiger partial charge in [-0.2, -0.15) is 0 Å². The van der Waals surface area contributed by atoms with Crippen LogP contribution in [-0.4, -0.2) is 35.5 Å². The molecule has 1 spiro atoms. The summed E-state index contributed by atoms with van der Waals surface area (Å²) in [6, 6.07) is 0. The summed E-state index contributed by atoms with van der Waals surface area (Å²) in [7, 11) is 1.45. The van der Waals surface area contributed by atoms with Crippen LogP contribution in [0.5, 0.6) is 0 Å². The third-order valence-corrected chi connectivity index (χ3v) is 8.30. The lowest BCUT2D eigenvalue weighted by Gasteiger charge is -2.62. The van der Waals surface area contributed by atoms with Crippen molar-refractivity contribution >= 4 is 5.97 Å². The zero-order valence-corrected chi connectivity index (χ0v) is 14.8. The lowest BCUT2D eigenvalue weighted by atomic mass is 9.43. The van der Waals surface area contributed by atoms with Crippen molar-refractivity contribution in [2.75, 3.05) is 7.11 Å². The molecule has 0 saturated heterocycles. The molecule has 0 amide bonds. The number of rotatable bonds is 1. The first-order valence-corrected chi connectivity index (χ1v) is 9.46. The number of carbonyl (C=O) groups is 1. The Morgan fingerprint density at radius 2 is 2.00 bits per heavy atom. The molecule has 0 aromatic heterocycles. The third kappa shape index (κ3) is 1.96. The summed E-state index contributed by atoms with van der Waals surface area (Å²) in [6.07, 6.45) is 5.51. The minimum Gasteiger partial charge on any atom is -0.469 e. The molecule has 4 fully saturated rings. The van der Waals surface area contributed by atoms with Gasteiger partial charge in [-0.05, 0) is 73.7 Å². The van der Waals surface area contributed by atoms with E-state index in [-0.39, 0.29) is 28.6 Å². The number of hydrogen-bond donors (Lipinski definition) is 2. The van der Waals surface area contributed by atoms with Crippen molar-refractivity contribution < 1.29 is 19.7 Å². The normalized spacial score (nSPS) is 53.2. The maximum atomic E-state index is 12.3. The van der Waals surface area contributed by atoms with Gasteiger partial charge >= 0.3 is 5.97 Å². The fourth-order valence-electron chi connectivity index (χ4n) is 7.40. The quantitative estimate of drug-likeness (QED) is 0.571. The van der Waals surface area contributed by atoms with Crippen molar-refractivity contribution in [1.29, 1.82) is 0 Å². The second-order valence-electron chi connectivity index (χ2n) is 9.12. The maximum absolute atomic E-state index is 12.3. The Morgan fingerprint density at radius 3 is 2.71 bits per heavy atom. The molecule has 8 atom stereocenters. The van der Waals surface area contributed by atoms with Crippen molar-refractivity contribution in [2.24, 2.45) is 34.5 Å². The molecule has 0 radical (unpaired) electrons. The number of aliphatic hydroxyl groups is 2. The lowest BCUT2D eigenvalue weighted by molar-refractivity contribution is -0.185. The van der Waals surface area contributed by atoms with Crippen molar-refractivity contribution in [2.45, 2.75) is 64.1 Å². The van der Waals surface area contributed by atoms with E-state index >= 15 is 0 Å². The van der Waals surface area contributed by atoms with E-state index in [0.717, 1.165) is 44.1 Å². The van der Waals surface area contributed by atoms with E-state index in [1.54, 1.807) is 0 Å². The molecular formula is C20H30O4. The number of esters is 1. The molecule has 0 unspecified atom stereocenters. The average Bonchev–Trinajstić information content (AvgIpc) is 2.73. The van der Waals surface area contributed by atoms with Crippen molar-refractivity contribution in [3.05, 3.63) is 12.2 Å². The highest BCUT2D eigenvalue weighted by molar-refractivity contribution is 5.73. The number of ether oxygens (including phenoxy) is 1. The molecule has 24 heavy (non-hydrogen) atoms. The van der Waals surface area contributed by atoms with Gasteiger partial charge in [-0.1, -0.05) is 13.5 Å². The molecule has 4 aliphatic carbocycles. The molecule has 0 heterocycles. The molecule has 4 aliphatic rings. The Morgan fingerprint density at radius 1 is 1.25 bits per heavy atom. The smallest absolute Gasteiger partial charge is 0.309 e. The van der Waals surface area contributed by atoms with Gasteiger partial charge in [-0.25, -0.2) is 0 Å². The van der Waals surface area contributed by atoms with E-state index in [9.17, 15) is 15.0 Å². The van der Waals surface area contributed by atoms with Crippen LogP contribution in [0.4, 0.5) is 0 Å². The lowest BCUT2D eigenvalue weighted by Crippen LogP contribution is -2.59. The SMILES string of the molecule is C=C1[C@H]2CC[C@H]3[C@]4(C)C[C@H](O)C[C@@H](C(=O)OC)[C@H]4CC[C@]3(C2)[C@H]1O. The molecule has 4 rings (SSSR count). The van der Waals surface area contributed by atoms with Gasteiger partial charge in [0, 0.05) is 5.41 Å². The first-order valence-electron chi connectivity index (χ1n) is 9.46. The minimum atomic E-state index is -0.454. The topological polar surface area (TPSA) is 66.8 Å². The highest BCUT2D eigenvalue weighted by Crippen LogP contribution is 2.70. The van der Waals surface area contributed by atoms with Gasteiger partial charge in [-0.15, -0.1) is 0 Å². The van der Waals surface area contributed by atoms with Gasteiger partial charge in [0.1, 0.15) is 0 Å². The van der Waals surface area contributed by atoms with Gasteiger partial charge < -0.3 is 14.9 Å². The Hall–Kier alpha value is -0.870. The molecule has 0 aromatic carbocycles. The van der Waals surface area contributed by atoms with Gasteiger partial charge in [0.2, 0.25) is 0 Å². The van der Waals surface area contributed by atoms with Crippen LogP contribution >= 0.6 is 0 Å². The van der Waals surface area contributed by atoms with E-state index in [1.165, 1.54) is 7.11 Å². The minimum absolute atomic E-state index is 0.0804.